The summed E-state index contributed by atoms with van der Waals surface area (Å²) in [6.45, 7) is 2.24. The van der Waals surface area contributed by atoms with Gasteiger partial charge in [0.1, 0.15) is 5.82 Å². The van der Waals surface area contributed by atoms with Crippen molar-refractivity contribution in [1.29, 1.82) is 0 Å². The van der Waals surface area contributed by atoms with Gasteiger partial charge >= 0.3 is 0 Å². The average molecular weight is 388 g/mol. The summed E-state index contributed by atoms with van der Waals surface area (Å²) in [7, 11) is 0. The highest BCUT2D eigenvalue weighted by Crippen LogP contribution is 2.34. The van der Waals surface area contributed by atoms with Gasteiger partial charge in [-0.15, -0.1) is 10.2 Å². The molecule has 4 rings (SSSR count). The van der Waals surface area contributed by atoms with Gasteiger partial charge in [-0.2, -0.15) is 0 Å². The van der Waals surface area contributed by atoms with E-state index in [1.165, 1.54) is 32.1 Å². The number of fused-ring (bicyclic) bond motifs is 1. The van der Waals surface area contributed by atoms with Gasteiger partial charge in [0.15, 0.2) is 16.7 Å². The largest absolute Gasteiger partial charge is 0.454 e. The molecule has 1 aromatic heterocycles. The molecule has 8 heteroatoms. The molecule has 0 unspecified atom stereocenters. The molecule has 2 aromatic rings. The minimum Gasteiger partial charge on any atom is -0.454 e. The van der Waals surface area contributed by atoms with E-state index in [4.69, 9.17) is 9.47 Å². The predicted molar refractivity (Wildman–Crippen MR) is 103 cm³/mol. The summed E-state index contributed by atoms with van der Waals surface area (Å²) in [6.07, 6.45) is 6.65. The summed E-state index contributed by atoms with van der Waals surface area (Å²) in [6, 6.07) is 5.92. The average Bonchev–Trinajstić information content (AvgIpc) is 3.28. The zero-order valence-corrected chi connectivity index (χ0v) is 16.3. The van der Waals surface area contributed by atoms with E-state index in [0.717, 1.165) is 16.7 Å². The van der Waals surface area contributed by atoms with Crippen LogP contribution in [0.5, 0.6) is 11.5 Å². The van der Waals surface area contributed by atoms with E-state index in [2.05, 4.69) is 20.1 Å². The molecule has 0 radical (unpaired) electrons. The van der Waals surface area contributed by atoms with Crippen LogP contribution in [0.4, 0.5) is 5.69 Å². The smallest absolute Gasteiger partial charge is 0.231 e. The van der Waals surface area contributed by atoms with Crippen molar-refractivity contribution in [3.8, 4) is 11.5 Å². The van der Waals surface area contributed by atoms with Crippen molar-refractivity contribution in [2.24, 2.45) is 0 Å². The number of carbonyl (C=O) groups is 1. The van der Waals surface area contributed by atoms with Gasteiger partial charge in [-0.1, -0.05) is 31.0 Å². The Bertz CT molecular complexity index is 817. The van der Waals surface area contributed by atoms with Gasteiger partial charge in [0.25, 0.3) is 0 Å². The highest BCUT2D eigenvalue weighted by molar-refractivity contribution is 7.99. The van der Waals surface area contributed by atoms with Crippen LogP contribution in [0.15, 0.2) is 23.4 Å². The Labute approximate surface area is 162 Å². The van der Waals surface area contributed by atoms with E-state index < -0.39 is 0 Å². The van der Waals surface area contributed by atoms with Gasteiger partial charge in [-0.25, -0.2) is 0 Å². The predicted octanol–water partition coefficient (Wildman–Crippen LogP) is 3.94. The molecule has 0 saturated heterocycles. The van der Waals surface area contributed by atoms with E-state index in [0.29, 0.717) is 29.7 Å². The molecule has 1 N–H and O–H groups in total. The van der Waals surface area contributed by atoms with Crippen LogP contribution in [0.2, 0.25) is 0 Å². The topological polar surface area (TPSA) is 78.3 Å². The molecule has 1 aliphatic heterocycles. The van der Waals surface area contributed by atoms with Crippen molar-refractivity contribution in [3.05, 3.63) is 24.0 Å². The van der Waals surface area contributed by atoms with E-state index in [1.807, 2.05) is 19.1 Å². The fourth-order valence-electron chi connectivity index (χ4n) is 3.64. The van der Waals surface area contributed by atoms with Gasteiger partial charge < -0.3 is 19.4 Å². The number of aryl methyl sites for hydroxylation is 1. The highest BCUT2D eigenvalue weighted by atomic mass is 32.2. The van der Waals surface area contributed by atoms with E-state index in [-0.39, 0.29) is 12.7 Å². The number of hydrogen-bond donors (Lipinski definition) is 1. The molecular weight excluding hydrogens is 364 g/mol. The van der Waals surface area contributed by atoms with Gasteiger partial charge in [0.2, 0.25) is 12.7 Å². The van der Waals surface area contributed by atoms with Gasteiger partial charge in [-0.05, 0) is 31.9 Å². The number of amides is 1. The van der Waals surface area contributed by atoms with Gasteiger partial charge in [0, 0.05) is 30.0 Å². The second-order valence-corrected chi connectivity index (χ2v) is 7.97. The molecule has 144 valence electrons. The van der Waals surface area contributed by atoms with Crippen LogP contribution in [0.1, 0.15) is 50.4 Å². The minimum absolute atomic E-state index is 0.0261. The maximum absolute atomic E-state index is 12.3. The lowest BCUT2D eigenvalue weighted by atomic mass is 9.95. The number of hydrogen-bond acceptors (Lipinski definition) is 6. The zero-order valence-electron chi connectivity index (χ0n) is 15.4. The summed E-state index contributed by atoms with van der Waals surface area (Å²) in [5.74, 6) is 2.98. The standard InChI is InChI=1S/C19H24N4O3S/c1-13-21-22-19(23(13)15-5-3-2-4-6-15)27-10-9-18(24)20-14-7-8-16-17(11-14)26-12-25-16/h7-8,11,15H,2-6,9-10,12H2,1H3,(H,20,24). The number of nitrogens with one attached hydrogen (secondary N) is 1. The number of anilines is 1. The number of ether oxygens (including phenoxy) is 2. The lowest BCUT2D eigenvalue weighted by molar-refractivity contribution is -0.115. The fourth-order valence-corrected chi connectivity index (χ4v) is 4.63. The molecule has 1 aromatic carbocycles. The summed E-state index contributed by atoms with van der Waals surface area (Å²) in [4.78, 5) is 12.3. The molecule has 1 fully saturated rings. The zero-order chi connectivity index (χ0) is 18.6. The van der Waals surface area contributed by atoms with Crippen LogP contribution in [-0.4, -0.2) is 33.2 Å². The summed E-state index contributed by atoms with van der Waals surface area (Å²) in [5.41, 5.74) is 0.718. The first-order chi connectivity index (χ1) is 13.2. The number of rotatable bonds is 6. The number of benzene rings is 1. The van der Waals surface area contributed by atoms with Gasteiger partial charge in [-0.3, -0.25) is 4.79 Å². The molecule has 0 atom stereocenters. The fraction of sp³-hybridized carbons (Fsp3) is 0.526. The number of carbonyl (C=O) groups excluding carboxylic acids is 1. The van der Waals surface area contributed by atoms with Crippen molar-refractivity contribution in [2.75, 3.05) is 17.9 Å². The molecule has 7 nitrogen and oxygen atoms in total. The van der Waals surface area contributed by atoms with Crippen LogP contribution in [-0.2, 0) is 4.79 Å². The first-order valence-corrected chi connectivity index (χ1v) is 10.4. The second kappa shape index (κ2) is 8.21. The van der Waals surface area contributed by atoms with Crippen molar-refractivity contribution in [2.45, 2.75) is 56.6 Å². The van der Waals surface area contributed by atoms with Crippen LogP contribution in [0.3, 0.4) is 0 Å². The Kier molecular flexibility index (Phi) is 5.52. The SMILES string of the molecule is Cc1nnc(SCCC(=O)Nc2ccc3c(c2)OCO3)n1C1CCCCC1. The van der Waals surface area contributed by atoms with Crippen LogP contribution >= 0.6 is 11.8 Å². The lowest BCUT2D eigenvalue weighted by Crippen LogP contribution is -2.16. The highest BCUT2D eigenvalue weighted by Gasteiger charge is 2.21. The van der Waals surface area contributed by atoms with Crippen molar-refractivity contribution >= 4 is 23.4 Å². The first kappa shape index (κ1) is 18.2. The summed E-state index contributed by atoms with van der Waals surface area (Å²) in [5, 5.41) is 12.4. The monoisotopic (exact) mass is 388 g/mol. The van der Waals surface area contributed by atoms with Crippen molar-refractivity contribution < 1.29 is 14.3 Å². The molecule has 0 spiro atoms. The van der Waals surface area contributed by atoms with Crippen LogP contribution < -0.4 is 14.8 Å². The molecule has 1 aliphatic carbocycles. The molecule has 1 amide bonds. The lowest BCUT2D eigenvalue weighted by Gasteiger charge is -2.24. The van der Waals surface area contributed by atoms with Crippen molar-refractivity contribution in [3.63, 3.8) is 0 Å². The first-order valence-electron chi connectivity index (χ1n) is 9.44. The quantitative estimate of drug-likeness (QED) is 0.755. The maximum atomic E-state index is 12.3. The number of thioether (sulfide) groups is 1. The van der Waals surface area contributed by atoms with E-state index in [9.17, 15) is 4.79 Å². The van der Waals surface area contributed by atoms with Crippen LogP contribution in [0.25, 0.3) is 0 Å². The van der Waals surface area contributed by atoms with Crippen molar-refractivity contribution in [1.82, 2.24) is 14.8 Å². The molecular formula is C19H24N4O3S. The minimum atomic E-state index is -0.0261. The molecule has 1 saturated carbocycles. The third-order valence-electron chi connectivity index (χ3n) is 4.99. The molecule has 2 aliphatic rings. The summed E-state index contributed by atoms with van der Waals surface area (Å²) >= 11 is 1.60. The van der Waals surface area contributed by atoms with E-state index in [1.54, 1.807) is 17.8 Å². The molecule has 2 heterocycles. The normalized spacial score (nSPS) is 16.5. The number of nitrogens with zero attached hydrogens (tertiary/aromatic N) is 3. The Morgan fingerprint density at radius 3 is 2.89 bits per heavy atom. The third-order valence-corrected chi connectivity index (χ3v) is 5.94. The third kappa shape index (κ3) is 4.21. The Balaban J connectivity index is 1.30. The summed E-state index contributed by atoms with van der Waals surface area (Å²) < 4.78 is 12.9. The Morgan fingerprint density at radius 2 is 2.04 bits per heavy atom. The van der Waals surface area contributed by atoms with Gasteiger partial charge in [0.05, 0.1) is 0 Å². The van der Waals surface area contributed by atoms with Crippen LogP contribution in [0, 0.1) is 6.92 Å². The van der Waals surface area contributed by atoms with E-state index >= 15 is 0 Å². The Morgan fingerprint density at radius 1 is 1.22 bits per heavy atom. The molecule has 27 heavy (non-hydrogen) atoms. The molecule has 0 bridgehead atoms. The second-order valence-electron chi connectivity index (χ2n) is 6.91. The number of aromatic nitrogens is 3. The maximum Gasteiger partial charge on any atom is 0.231 e. The Hall–Kier alpha value is -2.22.